The number of hydrogen-bond acceptors (Lipinski definition) is 6. The normalized spacial score (nSPS) is 16.6. The fourth-order valence-electron chi connectivity index (χ4n) is 3.94. The van der Waals surface area contributed by atoms with E-state index in [-0.39, 0.29) is 30.2 Å². The minimum absolute atomic E-state index is 0. The molecular weight excluding hydrogens is 450 g/mol. The number of ether oxygens (including phenoxy) is 3. The van der Waals surface area contributed by atoms with Crippen LogP contribution in [-0.4, -0.2) is 35.4 Å². The van der Waals surface area contributed by atoms with Crippen LogP contribution in [0.4, 0.5) is 14.6 Å². The van der Waals surface area contributed by atoms with Crippen LogP contribution in [0.3, 0.4) is 0 Å². The molecule has 0 saturated heterocycles. The molecule has 1 aliphatic carbocycles. The van der Waals surface area contributed by atoms with Crippen LogP contribution in [0.25, 0.3) is 11.3 Å². The number of alkyl halides is 2. The number of aromatic carboxylic acids is 1. The average molecular weight is 470 g/mol. The quantitative estimate of drug-likeness (QED) is 0.538. The van der Waals surface area contributed by atoms with Gasteiger partial charge in [0, 0.05) is 6.99 Å². The molecule has 34 heavy (non-hydrogen) atoms. The molecule has 5 rings (SSSR count). The Morgan fingerprint density at radius 3 is 2.56 bits per heavy atom. The molecule has 0 atom stereocenters. The van der Waals surface area contributed by atoms with E-state index < -0.39 is 17.7 Å². The van der Waals surface area contributed by atoms with Gasteiger partial charge >= 0.3 is 12.3 Å². The zero-order chi connectivity index (χ0) is 24.1. The SMILES string of the molecule is COc1ccc(NC(=O)C2(c3ccc4c(c3)OC(F)(F)O4)CC2)nc1-c1cccc(C(=O)O)c1.[HH]. The van der Waals surface area contributed by atoms with Gasteiger partial charge in [-0.25, -0.2) is 9.78 Å². The fourth-order valence-corrected chi connectivity index (χ4v) is 3.94. The molecule has 2 heterocycles. The second kappa shape index (κ2) is 7.68. The Labute approximate surface area is 193 Å². The Balaban J connectivity index is 0.00000289. The van der Waals surface area contributed by atoms with Crippen LogP contribution in [0.2, 0.25) is 0 Å². The van der Waals surface area contributed by atoms with E-state index in [4.69, 9.17) is 4.74 Å². The average Bonchev–Trinajstić information content (AvgIpc) is 3.56. The maximum absolute atomic E-state index is 13.4. The molecule has 8 nitrogen and oxygen atoms in total. The van der Waals surface area contributed by atoms with Crippen molar-refractivity contribution in [3.63, 3.8) is 0 Å². The van der Waals surface area contributed by atoms with E-state index in [9.17, 15) is 23.5 Å². The number of benzene rings is 2. The van der Waals surface area contributed by atoms with Crippen LogP contribution in [0.1, 0.15) is 30.2 Å². The van der Waals surface area contributed by atoms with Gasteiger partial charge in [0.2, 0.25) is 5.91 Å². The molecule has 1 amide bonds. The lowest BCUT2D eigenvalue weighted by atomic mass is 9.94. The summed E-state index contributed by atoms with van der Waals surface area (Å²) >= 11 is 0. The minimum Gasteiger partial charge on any atom is -0.494 e. The van der Waals surface area contributed by atoms with E-state index in [1.807, 2.05) is 0 Å². The zero-order valence-corrected chi connectivity index (χ0v) is 17.8. The monoisotopic (exact) mass is 470 g/mol. The second-order valence-corrected chi connectivity index (χ2v) is 8.00. The highest BCUT2D eigenvalue weighted by atomic mass is 19.3. The number of carbonyl (C=O) groups is 2. The maximum atomic E-state index is 13.4. The van der Waals surface area contributed by atoms with Crippen molar-refractivity contribution < 1.29 is 39.1 Å². The van der Waals surface area contributed by atoms with Gasteiger partial charge in [0.1, 0.15) is 17.3 Å². The van der Waals surface area contributed by atoms with Gasteiger partial charge in [-0.2, -0.15) is 0 Å². The summed E-state index contributed by atoms with van der Waals surface area (Å²) < 4.78 is 41.0. The Bertz CT molecular complexity index is 1330. The van der Waals surface area contributed by atoms with Crippen LogP contribution < -0.4 is 19.5 Å². The van der Waals surface area contributed by atoms with Gasteiger partial charge in [0.25, 0.3) is 0 Å². The van der Waals surface area contributed by atoms with Crippen molar-refractivity contribution in [1.29, 1.82) is 0 Å². The van der Waals surface area contributed by atoms with E-state index in [1.165, 1.54) is 31.4 Å². The number of carbonyl (C=O) groups excluding carboxylic acids is 1. The fraction of sp³-hybridized carbons (Fsp3) is 0.208. The molecule has 1 saturated carbocycles. The first-order valence-corrected chi connectivity index (χ1v) is 10.3. The molecule has 1 aromatic heterocycles. The van der Waals surface area contributed by atoms with Crippen LogP contribution in [-0.2, 0) is 10.2 Å². The zero-order valence-electron chi connectivity index (χ0n) is 17.8. The van der Waals surface area contributed by atoms with E-state index in [2.05, 4.69) is 19.8 Å². The number of amides is 1. The van der Waals surface area contributed by atoms with Crippen LogP contribution >= 0.6 is 0 Å². The van der Waals surface area contributed by atoms with Gasteiger partial charge in [-0.3, -0.25) is 4.79 Å². The Kier molecular flexibility index (Phi) is 4.89. The summed E-state index contributed by atoms with van der Waals surface area (Å²) in [5, 5.41) is 12.1. The van der Waals surface area contributed by atoms with Gasteiger partial charge in [-0.05, 0) is 54.8 Å². The third kappa shape index (κ3) is 3.76. The number of hydrogen-bond donors (Lipinski definition) is 2. The molecule has 176 valence electrons. The summed E-state index contributed by atoms with van der Waals surface area (Å²) in [6.07, 6.45) is -2.68. The summed E-state index contributed by atoms with van der Waals surface area (Å²) in [7, 11) is 1.46. The van der Waals surface area contributed by atoms with E-state index in [0.29, 0.717) is 35.4 Å². The molecule has 1 fully saturated rings. The molecule has 10 heteroatoms. The standard InChI is InChI=1S/C24H18F2N2O6.H2/c1-32-17-7-8-19(27-20(17)13-3-2-4-14(11-13)21(29)30)28-22(31)23(9-10-23)15-5-6-16-18(12-15)34-24(25,26)33-16;/h2-8,11-12H,9-10H2,1H3,(H,29,30)(H,27,28,31);1H. The first-order chi connectivity index (χ1) is 16.2. The van der Waals surface area contributed by atoms with Crippen molar-refractivity contribution in [3.8, 4) is 28.5 Å². The lowest BCUT2D eigenvalue weighted by Crippen LogP contribution is -2.28. The number of carboxylic acids is 1. The predicted molar refractivity (Wildman–Crippen MR) is 117 cm³/mol. The van der Waals surface area contributed by atoms with Crippen molar-refractivity contribution in [1.82, 2.24) is 4.98 Å². The number of nitrogens with zero attached hydrogens (tertiary/aromatic N) is 1. The van der Waals surface area contributed by atoms with Crippen molar-refractivity contribution in [2.75, 3.05) is 12.4 Å². The first-order valence-electron chi connectivity index (χ1n) is 10.3. The number of fused-ring (bicyclic) bond motifs is 1. The molecule has 0 unspecified atom stereocenters. The van der Waals surface area contributed by atoms with E-state index in [1.54, 1.807) is 30.3 Å². The highest BCUT2D eigenvalue weighted by Gasteiger charge is 2.53. The number of nitrogens with one attached hydrogen (secondary N) is 1. The number of methoxy groups -OCH3 is 1. The van der Waals surface area contributed by atoms with Crippen molar-refractivity contribution in [2.24, 2.45) is 0 Å². The minimum atomic E-state index is -3.73. The number of anilines is 1. The summed E-state index contributed by atoms with van der Waals surface area (Å²) in [4.78, 5) is 29.0. The molecule has 0 spiro atoms. The molecular formula is C24H20F2N2O6. The molecule has 2 N–H and O–H groups in total. The maximum Gasteiger partial charge on any atom is 0.586 e. The predicted octanol–water partition coefficient (Wildman–Crippen LogP) is 4.69. The van der Waals surface area contributed by atoms with Crippen LogP contribution in [0, 0.1) is 0 Å². The first kappa shape index (κ1) is 21.6. The second-order valence-electron chi connectivity index (χ2n) is 8.00. The number of halogens is 2. The number of aromatic nitrogens is 1. The largest absolute Gasteiger partial charge is 0.586 e. The van der Waals surface area contributed by atoms with Crippen molar-refractivity contribution >= 4 is 17.7 Å². The number of rotatable bonds is 6. The molecule has 2 aromatic carbocycles. The molecule has 2 aliphatic rings. The number of carboxylic acid groups (broad SMARTS) is 1. The molecule has 0 radical (unpaired) electrons. The van der Waals surface area contributed by atoms with Crippen LogP contribution in [0.15, 0.2) is 54.6 Å². The Hall–Kier alpha value is -4.21. The smallest absolute Gasteiger partial charge is 0.494 e. The summed E-state index contributed by atoms with van der Waals surface area (Å²) in [5.74, 6) is -0.998. The van der Waals surface area contributed by atoms with E-state index >= 15 is 0 Å². The van der Waals surface area contributed by atoms with Gasteiger partial charge in [0.05, 0.1) is 18.1 Å². The van der Waals surface area contributed by atoms with E-state index in [0.717, 1.165) is 0 Å². The molecule has 0 bridgehead atoms. The van der Waals surface area contributed by atoms with Gasteiger partial charge < -0.3 is 24.6 Å². The Morgan fingerprint density at radius 2 is 1.85 bits per heavy atom. The summed E-state index contributed by atoms with van der Waals surface area (Å²) in [6.45, 7) is 0. The van der Waals surface area contributed by atoms with Crippen LogP contribution in [0.5, 0.6) is 17.2 Å². The number of pyridine rings is 1. The highest BCUT2D eigenvalue weighted by Crippen LogP contribution is 2.52. The van der Waals surface area contributed by atoms with Gasteiger partial charge in [0.15, 0.2) is 11.5 Å². The lowest BCUT2D eigenvalue weighted by Gasteiger charge is -2.17. The third-order valence-corrected chi connectivity index (χ3v) is 5.84. The lowest BCUT2D eigenvalue weighted by molar-refractivity contribution is -0.286. The molecule has 3 aromatic rings. The third-order valence-electron chi connectivity index (χ3n) is 5.84. The van der Waals surface area contributed by atoms with Gasteiger partial charge in [-0.1, -0.05) is 18.2 Å². The molecule has 1 aliphatic heterocycles. The summed E-state index contributed by atoms with van der Waals surface area (Å²) in [5.41, 5.74) is 0.583. The Morgan fingerprint density at radius 1 is 1.09 bits per heavy atom. The topological polar surface area (TPSA) is 107 Å². The summed E-state index contributed by atoms with van der Waals surface area (Å²) in [6, 6.07) is 13.7. The van der Waals surface area contributed by atoms with Crippen molar-refractivity contribution in [2.45, 2.75) is 24.6 Å². The highest BCUT2D eigenvalue weighted by molar-refractivity contribution is 6.01. The van der Waals surface area contributed by atoms with Gasteiger partial charge in [-0.15, -0.1) is 8.78 Å². The van der Waals surface area contributed by atoms with Crippen molar-refractivity contribution in [3.05, 3.63) is 65.7 Å².